The van der Waals surface area contributed by atoms with Gasteiger partial charge in [0.15, 0.2) is 0 Å². The Morgan fingerprint density at radius 3 is 2.12 bits per heavy atom. The van der Waals surface area contributed by atoms with E-state index in [0.717, 1.165) is 11.3 Å². The SMILES string of the molecule is ClC(=Nc1ccc(Cl)cc1)c1ccccc1. The Balaban J connectivity index is 2.28. The van der Waals surface area contributed by atoms with E-state index in [0.29, 0.717) is 10.2 Å². The molecule has 0 atom stereocenters. The largest absolute Gasteiger partial charge is 0.236 e. The third kappa shape index (κ3) is 2.84. The van der Waals surface area contributed by atoms with Gasteiger partial charge >= 0.3 is 0 Å². The van der Waals surface area contributed by atoms with Crippen molar-refractivity contribution >= 4 is 34.1 Å². The van der Waals surface area contributed by atoms with Gasteiger partial charge in [-0.1, -0.05) is 53.5 Å². The first kappa shape index (κ1) is 11.2. The maximum absolute atomic E-state index is 6.10. The third-order valence-electron chi connectivity index (χ3n) is 2.07. The smallest absolute Gasteiger partial charge is 0.136 e. The number of hydrogen-bond donors (Lipinski definition) is 0. The van der Waals surface area contributed by atoms with Crippen LogP contribution in [-0.2, 0) is 0 Å². The summed E-state index contributed by atoms with van der Waals surface area (Å²) in [6.45, 7) is 0. The molecule has 0 aliphatic rings. The third-order valence-corrected chi connectivity index (χ3v) is 2.62. The van der Waals surface area contributed by atoms with Crippen LogP contribution in [0.4, 0.5) is 5.69 Å². The first-order chi connectivity index (χ1) is 7.75. The lowest BCUT2D eigenvalue weighted by Crippen LogP contribution is -1.88. The fraction of sp³-hybridized carbons (Fsp3) is 0. The number of nitrogens with zero attached hydrogens (tertiary/aromatic N) is 1. The van der Waals surface area contributed by atoms with Gasteiger partial charge < -0.3 is 0 Å². The van der Waals surface area contributed by atoms with Gasteiger partial charge in [-0.05, 0) is 24.3 Å². The molecule has 2 rings (SSSR count). The Bertz CT molecular complexity index is 489. The summed E-state index contributed by atoms with van der Waals surface area (Å²) in [5, 5.41) is 1.16. The van der Waals surface area contributed by atoms with Crippen LogP contribution in [0.5, 0.6) is 0 Å². The summed E-state index contributed by atoms with van der Waals surface area (Å²) in [6, 6.07) is 16.9. The van der Waals surface area contributed by atoms with Gasteiger partial charge in [-0.3, -0.25) is 0 Å². The normalized spacial score (nSPS) is 11.5. The molecule has 0 saturated carbocycles. The van der Waals surface area contributed by atoms with Crippen LogP contribution in [0.25, 0.3) is 0 Å². The maximum Gasteiger partial charge on any atom is 0.136 e. The van der Waals surface area contributed by atoms with Crippen LogP contribution in [0.2, 0.25) is 5.02 Å². The highest BCUT2D eigenvalue weighted by molar-refractivity contribution is 6.69. The molecule has 0 radical (unpaired) electrons. The second kappa shape index (κ2) is 5.15. The van der Waals surface area contributed by atoms with E-state index in [1.807, 2.05) is 42.5 Å². The van der Waals surface area contributed by atoms with Crippen molar-refractivity contribution in [2.24, 2.45) is 4.99 Å². The highest BCUT2D eigenvalue weighted by Crippen LogP contribution is 2.18. The lowest BCUT2D eigenvalue weighted by molar-refractivity contribution is 1.52. The molecule has 0 spiro atoms. The number of hydrogen-bond acceptors (Lipinski definition) is 1. The molecule has 16 heavy (non-hydrogen) atoms. The van der Waals surface area contributed by atoms with E-state index in [1.165, 1.54) is 0 Å². The molecule has 0 aliphatic heterocycles. The summed E-state index contributed by atoms with van der Waals surface area (Å²) in [6.07, 6.45) is 0. The Kier molecular flexibility index (Phi) is 3.60. The van der Waals surface area contributed by atoms with Crippen molar-refractivity contribution < 1.29 is 0 Å². The predicted molar refractivity (Wildman–Crippen MR) is 69.9 cm³/mol. The fourth-order valence-corrected chi connectivity index (χ4v) is 1.62. The molecular formula is C13H9Cl2N. The van der Waals surface area contributed by atoms with Gasteiger partial charge in [0.25, 0.3) is 0 Å². The summed E-state index contributed by atoms with van der Waals surface area (Å²) in [5.41, 5.74) is 1.69. The highest BCUT2D eigenvalue weighted by atomic mass is 35.5. The molecule has 3 heteroatoms. The zero-order chi connectivity index (χ0) is 11.4. The first-order valence-corrected chi connectivity index (χ1v) is 5.56. The van der Waals surface area contributed by atoms with E-state index in [1.54, 1.807) is 12.1 Å². The summed E-state index contributed by atoms with van der Waals surface area (Å²) in [5.74, 6) is 0. The zero-order valence-corrected chi connectivity index (χ0v) is 9.91. The minimum Gasteiger partial charge on any atom is -0.236 e. The molecule has 0 saturated heterocycles. The quantitative estimate of drug-likeness (QED) is 0.687. The fourth-order valence-electron chi connectivity index (χ4n) is 1.27. The van der Waals surface area contributed by atoms with E-state index in [2.05, 4.69) is 4.99 Å². The van der Waals surface area contributed by atoms with Gasteiger partial charge in [-0.2, -0.15) is 0 Å². The van der Waals surface area contributed by atoms with Crippen molar-refractivity contribution in [1.82, 2.24) is 0 Å². The van der Waals surface area contributed by atoms with E-state index >= 15 is 0 Å². The molecule has 1 nitrogen and oxygen atoms in total. The number of halogens is 2. The molecule has 0 aromatic heterocycles. The molecule has 0 N–H and O–H groups in total. The van der Waals surface area contributed by atoms with Crippen LogP contribution < -0.4 is 0 Å². The molecule has 2 aromatic rings. The molecule has 0 amide bonds. The predicted octanol–water partition coefficient (Wildman–Crippen LogP) is 4.66. The standard InChI is InChI=1S/C13H9Cl2N/c14-11-6-8-12(9-7-11)16-13(15)10-4-2-1-3-5-10/h1-9H. The molecule has 0 heterocycles. The van der Waals surface area contributed by atoms with Crippen molar-refractivity contribution in [1.29, 1.82) is 0 Å². The highest BCUT2D eigenvalue weighted by Gasteiger charge is 1.98. The number of benzene rings is 2. The Hall–Kier alpha value is -1.31. The van der Waals surface area contributed by atoms with Crippen molar-refractivity contribution in [3.8, 4) is 0 Å². The molecule has 0 bridgehead atoms. The Morgan fingerprint density at radius 1 is 0.875 bits per heavy atom. The van der Waals surface area contributed by atoms with E-state index < -0.39 is 0 Å². The van der Waals surface area contributed by atoms with E-state index in [9.17, 15) is 0 Å². The van der Waals surface area contributed by atoms with Gasteiger partial charge in [0.1, 0.15) is 5.17 Å². The average Bonchev–Trinajstić information content (AvgIpc) is 2.33. The summed E-state index contributed by atoms with van der Waals surface area (Å²) >= 11 is 11.9. The maximum atomic E-state index is 6.10. The topological polar surface area (TPSA) is 12.4 Å². The average molecular weight is 250 g/mol. The van der Waals surface area contributed by atoms with Gasteiger partial charge in [0.05, 0.1) is 5.69 Å². The zero-order valence-electron chi connectivity index (χ0n) is 8.40. The minimum atomic E-state index is 0.475. The second-order valence-electron chi connectivity index (χ2n) is 3.25. The summed E-state index contributed by atoms with van der Waals surface area (Å²) in [7, 11) is 0. The lowest BCUT2D eigenvalue weighted by Gasteiger charge is -1.98. The van der Waals surface area contributed by atoms with E-state index in [4.69, 9.17) is 23.2 Å². The van der Waals surface area contributed by atoms with Crippen LogP contribution in [0.15, 0.2) is 59.6 Å². The van der Waals surface area contributed by atoms with Crippen molar-refractivity contribution in [3.63, 3.8) is 0 Å². The number of aliphatic imine (C=N–C) groups is 1. The van der Waals surface area contributed by atoms with Crippen LogP contribution >= 0.6 is 23.2 Å². The lowest BCUT2D eigenvalue weighted by atomic mass is 10.2. The molecule has 0 fully saturated rings. The van der Waals surface area contributed by atoms with Crippen molar-refractivity contribution in [2.45, 2.75) is 0 Å². The number of rotatable bonds is 2. The monoisotopic (exact) mass is 249 g/mol. The Morgan fingerprint density at radius 2 is 1.50 bits per heavy atom. The Labute approximate surface area is 104 Å². The summed E-state index contributed by atoms with van der Waals surface area (Å²) < 4.78 is 0. The molecule has 2 aromatic carbocycles. The molecule has 0 unspecified atom stereocenters. The van der Waals surface area contributed by atoms with Crippen LogP contribution in [-0.4, -0.2) is 5.17 Å². The van der Waals surface area contributed by atoms with Crippen LogP contribution in [0, 0.1) is 0 Å². The van der Waals surface area contributed by atoms with Crippen LogP contribution in [0.1, 0.15) is 5.56 Å². The molecule has 80 valence electrons. The first-order valence-electron chi connectivity index (χ1n) is 4.81. The minimum absolute atomic E-state index is 0.475. The summed E-state index contributed by atoms with van der Waals surface area (Å²) in [4.78, 5) is 4.29. The van der Waals surface area contributed by atoms with Gasteiger partial charge in [-0.25, -0.2) is 4.99 Å². The molecule has 0 aliphatic carbocycles. The van der Waals surface area contributed by atoms with E-state index in [-0.39, 0.29) is 0 Å². The van der Waals surface area contributed by atoms with Crippen LogP contribution in [0.3, 0.4) is 0 Å². The van der Waals surface area contributed by atoms with Gasteiger partial charge in [-0.15, -0.1) is 0 Å². The van der Waals surface area contributed by atoms with Gasteiger partial charge in [0.2, 0.25) is 0 Å². The van der Waals surface area contributed by atoms with Crippen molar-refractivity contribution in [2.75, 3.05) is 0 Å². The molecular weight excluding hydrogens is 241 g/mol. The van der Waals surface area contributed by atoms with Crippen molar-refractivity contribution in [3.05, 3.63) is 65.2 Å². The van der Waals surface area contributed by atoms with Gasteiger partial charge in [0, 0.05) is 10.6 Å². The second-order valence-corrected chi connectivity index (χ2v) is 4.04.